The fourth-order valence-electron chi connectivity index (χ4n) is 0.386. The zero-order valence-electron chi connectivity index (χ0n) is 5.51. The van der Waals surface area contributed by atoms with Crippen LogP contribution in [0.3, 0.4) is 0 Å². The Morgan fingerprint density at radius 3 is 2.67 bits per heavy atom. The van der Waals surface area contributed by atoms with Crippen molar-refractivity contribution in [1.29, 1.82) is 0 Å². The molecule has 0 heterocycles. The average molecular weight is 132 g/mol. The van der Waals surface area contributed by atoms with Crippen molar-refractivity contribution >= 4 is 6.41 Å². The molecular formula is C5H10NO3. The van der Waals surface area contributed by atoms with Crippen LogP contribution in [-0.2, 0) is 14.3 Å². The van der Waals surface area contributed by atoms with E-state index in [1.165, 1.54) is 20.6 Å². The molecule has 0 fully saturated rings. The Labute approximate surface area is 54.1 Å². The molecule has 0 aromatic heterocycles. The van der Waals surface area contributed by atoms with Crippen molar-refractivity contribution in [3.63, 3.8) is 0 Å². The summed E-state index contributed by atoms with van der Waals surface area (Å²) in [5.74, 6) is 0. The Kier molecular flexibility index (Phi) is 5.15. The molecule has 4 nitrogen and oxygen atoms in total. The first-order chi connectivity index (χ1) is 4.35. The van der Waals surface area contributed by atoms with Crippen molar-refractivity contribution in [2.24, 2.45) is 0 Å². The van der Waals surface area contributed by atoms with E-state index in [2.05, 4.69) is 10.1 Å². The molecule has 0 saturated heterocycles. The van der Waals surface area contributed by atoms with Crippen LogP contribution in [-0.4, -0.2) is 33.5 Å². The predicted octanol–water partition coefficient (Wildman–Crippen LogP) is -0.738. The van der Waals surface area contributed by atoms with Crippen LogP contribution in [0, 0.1) is 0 Å². The number of ether oxygens (including phenoxy) is 2. The van der Waals surface area contributed by atoms with Gasteiger partial charge in [-0.05, 0) is 0 Å². The third-order valence-electron chi connectivity index (χ3n) is 0.822. The van der Waals surface area contributed by atoms with Crippen molar-refractivity contribution in [2.45, 2.75) is 6.23 Å². The van der Waals surface area contributed by atoms with Gasteiger partial charge in [-0.25, -0.2) is 0 Å². The molecule has 0 aliphatic carbocycles. The van der Waals surface area contributed by atoms with Gasteiger partial charge in [0.1, 0.15) is 0 Å². The number of methoxy groups -OCH3 is 2. The van der Waals surface area contributed by atoms with Gasteiger partial charge in [0.15, 0.2) is 6.23 Å². The van der Waals surface area contributed by atoms with Gasteiger partial charge in [0.25, 0.3) is 0 Å². The number of hydrogen-bond donors (Lipinski definition) is 1. The monoisotopic (exact) mass is 132 g/mol. The molecule has 4 heteroatoms. The van der Waals surface area contributed by atoms with Crippen LogP contribution in [0.5, 0.6) is 0 Å². The largest absolute Gasteiger partial charge is 0.380 e. The van der Waals surface area contributed by atoms with E-state index < -0.39 is 0 Å². The normalized spacial score (nSPS) is 12.7. The molecule has 0 aliphatic heterocycles. The van der Waals surface area contributed by atoms with Crippen LogP contribution in [0.15, 0.2) is 0 Å². The minimum atomic E-state index is -0.382. The molecule has 1 atom stereocenters. The second-order valence-corrected chi connectivity index (χ2v) is 1.43. The van der Waals surface area contributed by atoms with E-state index in [9.17, 15) is 4.79 Å². The molecule has 0 rings (SSSR count). The minimum Gasteiger partial charge on any atom is -0.380 e. The van der Waals surface area contributed by atoms with Gasteiger partial charge in [-0.15, -0.1) is 0 Å². The summed E-state index contributed by atoms with van der Waals surface area (Å²) in [6.45, 7) is 0.339. The third kappa shape index (κ3) is 3.93. The summed E-state index contributed by atoms with van der Waals surface area (Å²) in [5.41, 5.74) is 0. The first-order valence-electron chi connectivity index (χ1n) is 2.49. The zero-order valence-corrected chi connectivity index (χ0v) is 5.51. The molecule has 1 radical (unpaired) electrons. The number of rotatable bonds is 5. The summed E-state index contributed by atoms with van der Waals surface area (Å²) in [5, 5.41) is 2.28. The van der Waals surface area contributed by atoms with E-state index in [1.54, 1.807) is 0 Å². The summed E-state index contributed by atoms with van der Waals surface area (Å²) in [6.07, 6.45) is 1.12. The van der Waals surface area contributed by atoms with Crippen molar-refractivity contribution in [3.05, 3.63) is 0 Å². The lowest BCUT2D eigenvalue weighted by Gasteiger charge is -2.10. The lowest BCUT2D eigenvalue weighted by molar-refractivity contribution is 0.0192. The van der Waals surface area contributed by atoms with Crippen molar-refractivity contribution in [2.75, 3.05) is 20.8 Å². The van der Waals surface area contributed by atoms with Gasteiger partial charge >= 0.3 is 6.41 Å². The molecular weight excluding hydrogens is 122 g/mol. The molecule has 1 unspecified atom stereocenters. The maximum Gasteiger partial charge on any atom is 0.311 e. The Morgan fingerprint density at radius 1 is 1.67 bits per heavy atom. The first-order valence-corrected chi connectivity index (χ1v) is 2.49. The molecule has 1 amide bonds. The van der Waals surface area contributed by atoms with Crippen LogP contribution in [0.4, 0.5) is 0 Å². The highest BCUT2D eigenvalue weighted by Crippen LogP contribution is 1.81. The fraction of sp³-hybridized carbons (Fsp3) is 0.800. The van der Waals surface area contributed by atoms with Gasteiger partial charge in [0.2, 0.25) is 0 Å². The van der Waals surface area contributed by atoms with Crippen LogP contribution in [0.2, 0.25) is 0 Å². The maximum atomic E-state index is 9.68. The summed E-state index contributed by atoms with van der Waals surface area (Å²) < 4.78 is 9.41. The Balaban J connectivity index is 3.28. The van der Waals surface area contributed by atoms with Crippen molar-refractivity contribution < 1.29 is 14.3 Å². The highest BCUT2D eigenvalue weighted by molar-refractivity contribution is 5.47. The molecule has 0 aliphatic rings. The summed E-state index contributed by atoms with van der Waals surface area (Å²) in [4.78, 5) is 9.68. The third-order valence-corrected chi connectivity index (χ3v) is 0.822. The van der Waals surface area contributed by atoms with Gasteiger partial charge in [0, 0.05) is 14.2 Å². The Morgan fingerprint density at radius 2 is 2.33 bits per heavy atom. The van der Waals surface area contributed by atoms with E-state index in [0.717, 1.165) is 0 Å². The molecule has 0 aromatic carbocycles. The van der Waals surface area contributed by atoms with Gasteiger partial charge in [-0.1, -0.05) is 0 Å². The molecule has 0 spiro atoms. The Hall–Kier alpha value is -0.610. The van der Waals surface area contributed by atoms with Gasteiger partial charge < -0.3 is 14.8 Å². The van der Waals surface area contributed by atoms with Crippen molar-refractivity contribution in [1.82, 2.24) is 5.32 Å². The number of hydrogen-bond acceptors (Lipinski definition) is 3. The highest BCUT2D eigenvalue weighted by atomic mass is 16.5. The summed E-state index contributed by atoms with van der Waals surface area (Å²) >= 11 is 0. The maximum absolute atomic E-state index is 9.68. The number of carbonyl (C=O) groups excluding carboxylic acids is 1. The molecule has 53 valence electrons. The fourth-order valence-corrected chi connectivity index (χ4v) is 0.386. The van der Waals surface area contributed by atoms with E-state index in [0.29, 0.717) is 6.61 Å². The van der Waals surface area contributed by atoms with Crippen LogP contribution in [0.1, 0.15) is 0 Å². The van der Waals surface area contributed by atoms with Crippen LogP contribution < -0.4 is 5.32 Å². The van der Waals surface area contributed by atoms with Crippen LogP contribution in [0.25, 0.3) is 0 Å². The second kappa shape index (κ2) is 5.53. The topological polar surface area (TPSA) is 47.6 Å². The number of nitrogens with one attached hydrogen (secondary N) is 1. The molecule has 1 N–H and O–H groups in total. The van der Waals surface area contributed by atoms with Crippen LogP contribution >= 0.6 is 0 Å². The number of amides is 1. The quantitative estimate of drug-likeness (QED) is 0.396. The SMILES string of the molecule is COCC(N[C]=O)OC. The molecule has 9 heavy (non-hydrogen) atoms. The van der Waals surface area contributed by atoms with E-state index in [4.69, 9.17) is 4.74 Å². The van der Waals surface area contributed by atoms with Gasteiger partial charge in [-0.3, -0.25) is 4.79 Å². The van der Waals surface area contributed by atoms with Gasteiger partial charge in [-0.2, -0.15) is 0 Å². The first kappa shape index (κ1) is 8.39. The van der Waals surface area contributed by atoms with E-state index >= 15 is 0 Å². The minimum absolute atomic E-state index is 0.339. The molecule has 0 saturated carbocycles. The van der Waals surface area contributed by atoms with E-state index in [1.807, 2.05) is 0 Å². The second-order valence-electron chi connectivity index (χ2n) is 1.43. The standard InChI is InChI=1S/C5H10NO3/c1-8-3-5(9-2)6-4-7/h5H,3H2,1-2H3,(H,6,7). The summed E-state index contributed by atoms with van der Waals surface area (Å²) in [6, 6.07) is 0. The van der Waals surface area contributed by atoms with Gasteiger partial charge in [0.05, 0.1) is 6.61 Å². The van der Waals surface area contributed by atoms with E-state index in [-0.39, 0.29) is 6.23 Å². The average Bonchev–Trinajstić information content (AvgIpc) is 1.88. The Bertz CT molecular complexity index is 76.6. The van der Waals surface area contributed by atoms with Crippen molar-refractivity contribution in [3.8, 4) is 0 Å². The molecule has 0 aromatic rings. The highest BCUT2D eigenvalue weighted by Gasteiger charge is 2.02. The smallest absolute Gasteiger partial charge is 0.311 e. The predicted molar refractivity (Wildman–Crippen MR) is 31.5 cm³/mol. The lowest BCUT2D eigenvalue weighted by Crippen LogP contribution is -2.33. The molecule has 0 bridgehead atoms. The lowest BCUT2D eigenvalue weighted by atomic mass is 10.6. The summed E-state index contributed by atoms with van der Waals surface area (Å²) in [7, 11) is 3.01. The zero-order chi connectivity index (χ0) is 7.11.